The van der Waals surface area contributed by atoms with Crippen LogP contribution >= 0.6 is 7.60 Å². The fourth-order valence-electron chi connectivity index (χ4n) is 6.90. The van der Waals surface area contributed by atoms with E-state index in [4.69, 9.17) is 9.05 Å². The largest absolute Gasteiger partial charge is 0.508 e. The van der Waals surface area contributed by atoms with Crippen molar-refractivity contribution >= 4 is 36.4 Å². The Morgan fingerprint density at radius 2 is 1.69 bits per heavy atom. The molecule has 13 heteroatoms. The molecule has 0 radical (unpaired) electrons. The highest BCUT2D eigenvalue weighted by molar-refractivity contribution is 7.54. The van der Waals surface area contributed by atoms with Gasteiger partial charge in [0.05, 0.1) is 30.6 Å². The van der Waals surface area contributed by atoms with Gasteiger partial charge >= 0.3 is 7.60 Å². The number of fused-ring (bicyclic) bond motifs is 3. The normalized spacial score (nSPS) is 27.1. The topological polar surface area (TPSA) is 200 Å². The van der Waals surface area contributed by atoms with Crippen molar-refractivity contribution in [3.8, 4) is 5.75 Å². The highest BCUT2D eigenvalue weighted by Crippen LogP contribution is 2.62. The van der Waals surface area contributed by atoms with Gasteiger partial charge < -0.3 is 39.9 Å². The lowest BCUT2D eigenvalue weighted by atomic mass is 9.55. The second-order valence-corrected chi connectivity index (χ2v) is 13.5. The Morgan fingerprint density at radius 1 is 1.07 bits per heavy atom. The van der Waals surface area contributed by atoms with Crippen molar-refractivity contribution in [2.45, 2.75) is 57.5 Å². The molecule has 3 aliphatic rings. The zero-order chi connectivity index (χ0) is 33.0. The van der Waals surface area contributed by atoms with E-state index >= 15 is 0 Å². The van der Waals surface area contributed by atoms with Crippen LogP contribution in [0.1, 0.15) is 62.5 Å². The number of aliphatic hydroxyl groups is 4. The number of anilines is 1. The Morgan fingerprint density at radius 3 is 2.27 bits per heavy atom. The number of benzene rings is 2. The molecule has 6 unspecified atom stereocenters. The van der Waals surface area contributed by atoms with Gasteiger partial charge in [-0.3, -0.25) is 18.9 Å². The molecule has 2 aromatic rings. The summed E-state index contributed by atoms with van der Waals surface area (Å²) in [6, 6.07) is 11.7. The summed E-state index contributed by atoms with van der Waals surface area (Å²) in [5.74, 6) is -9.78. The maximum absolute atomic E-state index is 14.0. The van der Waals surface area contributed by atoms with Crippen molar-refractivity contribution in [2.24, 2.45) is 11.8 Å². The molecule has 5 rings (SSSR count). The quantitative estimate of drug-likeness (QED) is 0.128. The van der Waals surface area contributed by atoms with Crippen molar-refractivity contribution in [2.75, 3.05) is 18.5 Å². The molecule has 2 aromatic carbocycles. The molecule has 1 saturated carbocycles. The fourth-order valence-corrected chi connectivity index (χ4v) is 8.82. The second kappa shape index (κ2) is 11.9. The molecular weight excluding hydrogens is 605 g/mol. The van der Waals surface area contributed by atoms with Crippen molar-refractivity contribution in [1.29, 1.82) is 0 Å². The molecule has 0 spiro atoms. The number of ketones is 3. The van der Waals surface area contributed by atoms with E-state index in [1.54, 1.807) is 57.2 Å². The Hall–Kier alpha value is -3.80. The van der Waals surface area contributed by atoms with Gasteiger partial charge in [0, 0.05) is 23.8 Å². The molecule has 1 fully saturated rings. The first-order valence-electron chi connectivity index (χ1n) is 14.7. The molecule has 0 bridgehead atoms. The zero-order valence-electron chi connectivity index (χ0n) is 25.2. The number of Topliss-reactive ketones (excluding diaryl/α,β-unsaturated/α-hetero) is 3. The predicted molar refractivity (Wildman–Crippen MR) is 163 cm³/mol. The summed E-state index contributed by atoms with van der Waals surface area (Å²) in [7, 11) is -3.89. The predicted octanol–water partition coefficient (Wildman–Crippen LogP) is 4.44. The number of rotatable bonds is 9. The van der Waals surface area contributed by atoms with Crippen LogP contribution in [0.3, 0.4) is 0 Å². The van der Waals surface area contributed by atoms with Crippen molar-refractivity contribution in [3.63, 3.8) is 0 Å². The van der Waals surface area contributed by atoms with Gasteiger partial charge in [0.2, 0.25) is 5.78 Å². The minimum Gasteiger partial charge on any atom is -0.508 e. The van der Waals surface area contributed by atoms with E-state index in [1.807, 2.05) is 0 Å². The van der Waals surface area contributed by atoms with Crippen LogP contribution < -0.4 is 5.32 Å². The smallest absolute Gasteiger partial charge is 0.357 e. The summed E-state index contributed by atoms with van der Waals surface area (Å²) < 4.78 is 25.2. The number of phenolic OH excluding ortho intramolecular Hbond substituents is 1. The maximum atomic E-state index is 14.0. The summed E-state index contributed by atoms with van der Waals surface area (Å²) in [6.45, 7) is 6.10. The third kappa shape index (κ3) is 4.92. The first kappa shape index (κ1) is 32.6. The van der Waals surface area contributed by atoms with Gasteiger partial charge in [-0.1, -0.05) is 43.3 Å². The molecule has 0 aliphatic heterocycles. The molecular formula is C32H36NO11P. The lowest BCUT2D eigenvalue weighted by molar-refractivity contribution is -0.160. The molecule has 3 aliphatic carbocycles. The standard InChI is InChI=1S/C32H36NO11P/c1-5-43-45(42,44-6-2)31(17-10-8-7-9-11-17)33-20-13-12-18-15(3)22-25(28(38)24(18)27(20)37)30(40)32(41)19(26(22)36)14-21(35)23(16(4)34)29(32)39/h7-13,15,19,22,26,31,33,36-39,41H,5-6,14H2,1-4H3. The number of nitrogens with one attached hydrogen (secondary N) is 1. The Balaban J connectivity index is 1.66. The molecule has 0 heterocycles. The molecule has 0 aromatic heterocycles. The lowest BCUT2D eigenvalue weighted by Crippen LogP contribution is -2.63. The van der Waals surface area contributed by atoms with Crippen LogP contribution in [0, 0.1) is 11.8 Å². The van der Waals surface area contributed by atoms with E-state index in [-0.39, 0.29) is 24.5 Å². The van der Waals surface area contributed by atoms with E-state index < -0.39 is 95.0 Å². The maximum Gasteiger partial charge on any atom is 0.357 e. The highest BCUT2D eigenvalue weighted by atomic mass is 31.2. The third-order valence-electron chi connectivity index (χ3n) is 8.95. The number of aliphatic hydroxyl groups excluding tert-OH is 3. The lowest BCUT2D eigenvalue weighted by Gasteiger charge is -2.50. The zero-order valence-corrected chi connectivity index (χ0v) is 26.1. The van der Waals surface area contributed by atoms with Crippen LogP contribution in [-0.4, -0.2) is 67.8 Å². The molecule has 0 saturated heterocycles. The van der Waals surface area contributed by atoms with E-state index in [0.29, 0.717) is 11.1 Å². The van der Waals surface area contributed by atoms with Gasteiger partial charge in [-0.05, 0) is 43.9 Å². The summed E-state index contributed by atoms with van der Waals surface area (Å²) >= 11 is 0. The number of allylic oxidation sites excluding steroid dienone is 1. The van der Waals surface area contributed by atoms with Gasteiger partial charge in [0.25, 0.3) is 0 Å². The number of carbonyl (C=O) groups is 3. The van der Waals surface area contributed by atoms with Gasteiger partial charge in [-0.25, -0.2) is 0 Å². The molecule has 240 valence electrons. The van der Waals surface area contributed by atoms with Gasteiger partial charge in [0.15, 0.2) is 23.0 Å². The number of carbonyl (C=O) groups excluding carboxylic acids is 3. The molecule has 6 atom stereocenters. The number of aromatic hydroxyl groups is 1. The Labute approximate surface area is 259 Å². The van der Waals surface area contributed by atoms with Crippen LogP contribution in [-0.2, 0) is 28.0 Å². The van der Waals surface area contributed by atoms with E-state index in [2.05, 4.69) is 5.32 Å². The first-order valence-corrected chi connectivity index (χ1v) is 16.3. The van der Waals surface area contributed by atoms with Crippen LogP contribution in [0.5, 0.6) is 5.75 Å². The van der Waals surface area contributed by atoms with Crippen LogP contribution in [0.25, 0.3) is 5.76 Å². The average molecular weight is 642 g/mol. The van der Waals surface area contributed by atoms with Crippen molar-refractivity contribution in [3.05, 3.63) is 76.1 Å². The molecule has 6 N–H and O–H groups in total. The van der Waals surface area contributed by atoms with E-state index in [9.17, 15) is 44.5 Å². The van der Waals surface area contributed by atoms with Crippen LogP contribution in [0.2, 0.25) is 0 Å². The number of hydrogen-bond acceptors (Lipinski definition) is 12. The van der Waals surface area contributed by atoms with Crippen molar-refractivity contribution in [1.82, 2.24) is 0 Å². The monoisotopic (exact) mass is 641 g/mol. The summed E-state index contributed by atoms with van der Waals surface area (Å²) in [5.41, 5.74) is -3.38. The summed E-state index contributed by atoms with van der Waals surface area (Å²) in [5, 5.41) is 60.1. The summed E-state index contributed by atoms with van der Waals surface area (Å²) in [6.07, 6.45) is -2.18. The minimum atomic E-state index is -3.89. The van der Waals surface area contributed by atoms with Gasteiger partial charge in [-0.2, -0.15) is 0 Å². The SMILES string of the molecule is CCOP(=O)(OCC)C(Nc1ccc2c(c1O)C(O)=C1C(=O)C3(O)C(O)=C(C(C)=O)C(=O)CC3C(O)C1C2C)c1ccccc1. The fraction of sp³-hybridized carbons (Fsp3) is 0.406. The number of phenols is 1. The second-order valence-electron chi connectivity index (χ2n) is 11.4. The van der Waals surface area contributed by atoms with E-state index in [0.717, 1.165) is 6.92 Å². The van der Waals surface area contributed by atoms with Crippen LogP contribution in [0.4, 0.5) is 5.69 Å². The number of hydrogen-bond donors (Lipinski definition) is 6. The van der Waals surface area contributed by atoms with Gasteiger partial charge in [0.1, 0.15) is 22.8 Å². The van der Waals surface area contributed by atoms with Gasteiger partial charge in [-0.15, -0.1) is 0 Å². The van der Waals surface area contributed by atoms with Crippen molar-refractivity contribution < 1.29 is 53.5 Å². The van der Waals surface area contributed by atoms with E-state index in [1.165, 1.54) is 6.07 Å². The summed E-state index contributed by atoms with van der Waals surface area (Å²) in [4.78, 5) is 38.8. The minimum absolute atomic E-state index is 0.00491. The molecule has 12 nitrogen and oxygen atoms in total. The third-order valence-corrected chi connectivity index (χ3v) is 11.2. The first-order chi connectivity index (χ1) is 21.2. The Bertz CT molecular complexity index is 1670. The highest BCUT2D eigenvalue weighted by Gasteiger charge is 2.64. The van der Waals surface area contributed by atoms with Crippen LogP contribution in [0.15, 0.2) is 59.4 Å². The molecule has 45 heavy (non-hydrogen) atoms. The molecule has 0 amide bonds. The Kier molecular flexibility index (Phi) is 8.58. The average Bonchev–Trinajstić information content (AvgIpc) is 2.99.